The summed E-state index contributed by atoms with van der Waals surface area (Å²) in [5, 5.41) is 8.06. The van der Waals surface area contributed by atoms with Gasteiger partial charge in [-0.3, -0.25) is 0 Å². The van der Waals surface area contributed by atoms with Crippen molar-refractivity contribution in [1.29, 1.82) is 0 Å². The standard InChI is InChI=1S/C3H8O.Te/c1-3(2)4;/h3-4H,1-2H3;. The first-order valence-electron chi connectivity index (χ1n) is 1.41. The molecule has 0 aliphatic rings. The number of hydrogen-bond acceptors (Lipinski definition) is 1. The third-order valence-electron chi connectivity index (χ3n) is 0. The van der Waals surface area contributed by atoms with E-state index in [1.54, 1.807) is 13.8 Å². The fourth-order valence-corrected chi connectivity index (χ4v) is 0. The minimum atomic E-state index is -0.167. The second kappa shape index (κ2) is 4.75. The van der Waals surface area contributed by atoms with Gasteiger partial charge in [0.2, 0.25) is 0 Å². The summed E-state index contributed by atoms with van der Waals surface area (Å²) in [4.78, 5) is 0. The minimum absolute atomic E-state index is 0. The van der Waals surface area contributed by atoms with E-state index in [-0.39, 0.29) is 29.8 Å². The Morgan fingerprint density at radius 3 is 1.40 bits per heavy atom. The Balaban J connectivity index is 0. The fourth-order valence-electron chi connectivity index (χ4n) is 0. The van der Waals surface area contributed by atoms with Crippen molar-refractivity contribution < 1.29 is 5.11 Å². The summed E-state index contributed by atoms with van der Waals surface area (Å²) in [6, 6.07) is 0. The predicted molar refractivity (Wildman–Crippen MR) is 23.1 cm³/mol. The molecule has 0 rings (SSSR count). The van der Waals surface area contributed by atoms with Crippen molar-refractivity contribution in [2.45, 2.75) is 20.0 Å². The van der Waals surface area contributed by atoms with Crippen LogP contribution in [0.4, 0.5) is 0 Å². The molecular weight excluding hydrogens is 180 g/mol. The molecule has 0 fully saturated rings. The van der Waals surface area contributed by atoms with Crippen LogP contribution < -0.4 is 0 Å². The van der Waals surface area contributed by atoms with Crippen LogP contribution in [0.15, 0.2) is 0 Å². The summed E-state index contributed by atoms with van der Waals surface area (Å²) in [6.07, 6.45) is -0.167. The molecule has 0 aromatic rings. The van der Waals surface area contributed by atoms with Gasteiger partial charge < -0.3 is 5.11 Å². The fraction of sp³-hybridized carbons (Fsp3) is 1.00. The number of hydrogen-bond donors (Lipinski definition) is 1. The van der Waals surface area contributed by atoms with Crippen molar-refractivity contribution in [3.8, 4) is 0 Å². The van der Waals surface area contributed by atoms with Gasteiger partial charge in [-0.15, -0.1) is 0 Å². The van der Waals surface area contributed by atoms with E-state index in [0.29, 0.717) is 0 Å². The Kier molecular flexibility index (Phi) is 8.76. The second-order valence-corrected chi connectivity index (χ2v) is 1.09. The van der Waals surface area contributed by atoms with Gasteiger partial charge in [0.1, 0.15) is 0 Å². The zero-order valence-electron chi connectivity index (χ0n) is 3.43. The molecule has 2 heteroatoms. The molecule has 0 aromatic carbocycles. The Labute approximate surface area is 49.1 Å². The summed E-state index contributed by atoms with van der Waals surface area (Å²) in [7, 11) is 0. The van der Waals surface area contributed by atoms with E-state index >= 15 is 0 Å². The van der Waals surface area contributed by atoms with Crippen LogP contribution in [0.1, 0.15) is 13.8 Å². The zero-order valence-corrected chi connectivity index (χ0v) is 5.76. The summed E-state index contributed by atoms with van der Waals surface area (Å²) in [5.41, 5.74) is 0. The maximum Gasteiger partial charge on any atom is 0.0483 e. The van der Waals surface area contributed by atoms with E-state index in [0.717, 1.165) is 0 Å². The van der Waals surface area contributed by atoms with Gasteiger partial charge in [-0.1, -0.05) is 0 Å². The van der Waals surface area contributed by atoms with Crippen LogP contribution in [0, 0.1) is 0 Å². The predicted octanol–water partition coefficient (Wildman–Crippen LogP) is 0.00630. The van der Waals surface area contributed by atoms with Crippen molar-refractivity contribution in [3.63, 3.8) is 0 Å². The zero-order chi connectivity index (χ0) is 3.58. The van der Waals surface area contributed by atoms with Crippen LogP contribution in [-0.4, -0.2) is 34.9 Å². The maximum absolute atomic E-state index is 8.06. The smallest absolute Gasteiger partial charge is 0.0483 e. The molecule has 32 valence electrons. The third kappa shape index (κ3) is 63.9. The summed E-state index contributed by atoms with van der Waals surface area (Å²) in [5.74, 6) is 0. The molecule has 0 aliphatic heterocycles. The van der Waals surface area contributed by atoms with Gasteiger partial charge in [-0.25, -0.2) is 0 Å². The first-order valence-corrected chi connectivity index (χ1v) is 1.41. The SMILES string of the molecule is CC(C)O.[Te]. The molecule has 0 unspecified atom stereocenters. The van der Waals surface area contributed by atoms with Crippen LogP contribution in [0.25, 0.3) is 0 Å². The van der Waals surface area contributed by atoms with Crippen molar-refractivity contribution in [3.05, 3.63) is 0 Å². The second-order valence-electron chi connectivity index (χ2n) is 1.09. The average Bonchev–Trinajstić information content (AvgIpc) is 0.811. The molecule has 0 saturated carbocycles. The van der Waals surface area contributed by atoms with Crippen molar-refractivity contribution in [1.82, 2.24) is 0 Å². The van der Waals surface area contributed by atoms with Crippen molar-refractivity contribution in [2.75, 3.05) is 0 Å². The molecule has 1 N–H and O–H groups in total. The quantitative estimate of drug-likeness (QED) is 0.530. The van der Waals surface area contributed by atoms with Crippen molar-refractivity contribution in [2.24, 2.45) is 0 Å². The monoisotopic (exact) mass is 190 g/mol. The summed E-state index contributed by atoms with van der Waals surface area (Å²) >= 11 is 0. The minimum Gasteiger partial charge on any atom is -0.394 e. The Morgan fingerprint density at radius 2 is 1.40 bits per heavy atom. The largest absolute Gasteiger partial charge is 0.394 e. The van der Waals surface area contributed by atoms with E-state index in [9.17, 15) is 0 Å². The van der Waals surface area contributed by atoms with Crippen LogP contribution >= 0.6 is 0 Å². The molecule has 0 saturated heterocycles. The molecule has 0 aromatic heterocycles. The molecule has 5 heavy (non-hydrogen) atoms. The van der Waals surface area contributed by atoms with Gasteiger partial charge in [0, 0.05) is 29.8 Å². The molecule has 0 spiro atoms. The normalized spacial score (nSPS) is 7.20. The molecule has 0 amide bonds. The van der Waals surface area contributed by atoms with Gasteiger partial charge in [-0.2, -0.15) is 0 Å². The molecular formula is C3H8OTe. The molecule has 0 aliphatic carbocycles. The molecule has 1 nitrogen and oxygen atoms in total. The van der Waals surface area contributed by atoms with Crippen LogP contribution in [-0.2, 0) is 0 Å². The van der Waals surface area contributed by atoms with E-state index in [4.69, 9.17) is 5.11 Å². The van der Waals surface area contributed by atoms with Gasteiger partial charge in [-0.05, 0) is 13.8 Å². The number of aliphatic hydroxyl groups is 1. The number of aliphatic hydroxyl groups excluding tert-OH is 1. The maximum atomic E-state index is 8.06. The first kappa shape index (κ1) is 9.23. The Morgan fingerprint density at radius 1 is 1.40 bits per heavy atom. The Hall–Kier alpha value is 0.750. The van der Waals surface area contributed by atoms with Gasteiger partial charge in [0.15, 0.2) is 0 Å². The molecule has 0 heterocycles. The van der Waals surface area contributed by atoms with E-state index in [2.05, 4.69) is 0 Å². The third-order valence-corrected chi connectivity index (χ3v) is 0. The first-order chi connectivity index (χ1) is 1.73. The summed E-state index contributed by atoms with van der Waals surface area (Å²) in [6.45, 7) is 3.44. The Bertz CT molecular complexity index is 11.6. The van der Waals surface area contributed by atoms with Gasteiger partial charge in [0.05, 0.1) is 0 Å². The number of rotatable bonds is 0. The molecule has 2 radical (unpaired) electrons. The van der Waals surface area contributed by atoms with Gasteiger partial charge >= 0.3 is 0 Å². The average molecular weight is 188 g/mol. The van der Waals surface area contributed by atoms with E-state index < -0.39 is 0 Å². The van der Waals surface area contributed by atoms with E-state index in [1.165, 1.54) is 0 Å². The molecule has 0 bridgehead atoms. The topological polar surface area (TPSA) is 20.2 Å². The van der Waals surface area contributed by atoms with Crippen LogP contribution in [0.3, 0.4) is 0 Å². The van der Waals surface area contributed by atoms with Gasteiger partial charge in [0.25, 0.3) is 0 Å². The van der Waals surface area contributed by atoms with Crippen molar-refractivity contribution >= 4 is 23.7 Å². The summed E-state index contributed by atoms with van der Waals surface area (Å²) < 4.78 is 0. The van der Waals surface area contributed by atoms with E-state index in [1.807, 2.05) is 0 Å². The van der Waals surface area contributed by atoms with Crippen LogP contribution in [0.2, 0.25) is 0 Å². The van der Waals surface area contributed by atoms with Crippen LogP contribution in [0.5, 0.6) is 0 Å². The molecule has 0 atom stereocenters.